The lowest BCUT2D eigenvalue weighted by Gasteiger charge is -2.26. The number of carbonyl (C=O) groups is 1. The molecule has 6 heteroatoms. The third-order valence-corrected chi connectivity index (χ3v) is 2.91. The highest BCUT2D eigenvalue weighted by Crippen LogP contribution is 2.11. The van der Waals surface area contributed by atoms with Gasteiger partial charge < -0.3 is 15.4 Å². The Morgan fingerprint density at radius 3 is 3.00 bits per heavy atom. The van der Waals surface area contributed by atoms with Gasteiger partial charge in [-0.05, 0) is 11.4 Å². The second-order valence-corrected chi connectivity index (χ2v) is 4.24. The molecule has 4 nitrogen and oxygen atoms in total. The van der Waals surface area contributed by atoms with Crippen molar-refractivity contribution in [3.05, 3.63) is 16.8 Å². The van der Waals surface area contributed by atoms with Crippen LogP contribution in [0.1, 0.15) is 6.42 Å². The Labute approximate surface area is 105 Å². The molecule has 0 bridgehead atoms. The number of nitrogens with one attached hydrogen (secondary N) is 2. The normalized spacial score (nSPS) is 15.0. The van der Waals surface area contributed by atoms with E-state index in [1.54, 1.807) is 11.3 Å². The molecule has 1 aliphatic heterocycles. The molecular formula is C10H15ClN2O2S. The largest absolute Gasteiger partial charge is 0.375 e. The quantitative estimate of drug-likeness (QED) is 0.845. The van der Waals surface area contributed by atoms with Gasteiger partial charge in [0, 0.05) is 18.5 Å². The van der Waals surface area contributed by atoms with Crippen molar-refractivity contribution in [2.24, 2.45) is 0 Å². The minimum atomic E-state index is 0. The van der Waals surface area contributed by atoms with Gasteiger partial charge in [-0.3, -0.25) is 4.79 Å². The van der Waals surface area contributed by atoms with E-state index in [1.807, 2.05) is 16.8 Å². The van der Waals surface area contributed by atoms with Crippen molar-refractivity contribution in [2.75, 3.05) is 25.0 Å². The Hall–Kier alpha value is -0.620. The van der Waals surface area contributed by atoms with E-state index in [4.69, 9.17) is 4.74 Å². The summed E-state index contributed by atoms with van der Waals surface area (Å²) in [6.07, 6.45) is 0.728. The molecule has 0 aromatic carbocycles. The van der Waals surface area contributed by atoms with Crippen molar-refractivity contribution in [1.82, 2.24) is 5.32 Å². The topological polar surface area (TPSA) is 50.4 Å². The van der Waals surface area contributed by atoms with Crippen molar-refractivity contribution in [3.63, 3.8) is 0 Å². The summed E-state index contributed by atoms with van der Waals surface area (Å²) in [6, 6.07) is 1.89. The SMILES string of the molecule is Cl.O=C(CCOC1CNC1)Nc1ccsc1. The first-order valence-corrected chi connectivity index (χ1v) is 5.93. The fraction of sp³-hybridized carbons (Fsp3) is 0.500. The molecule has 0 spiro atoms. The van der Waals surface area contributed by atoms with E-state index >= 15 is 0 Å². The van der Waals surface area contributed by atoms with Crippen LogP contribution in [-0.4, -0.2) is 31.7 Å². The van der Waals surface area contributed by atoms with Crippen LogP contribution in [0.3, 0.4) is 0 Å². The first kappa shape index (κ1) is 13.4. The zero-order chi connectivity index (χ0) is 10.5. The summed E-state index contributed by atoms with van der Waals surface area (Å²) in [5, 5.41) is 9.77. The number of rotatable bonds is 5. The molecule has 1 aromatic rings. The number of hydrogen-bond donors (Lipinski definition) is 2. The van der Waals surface area contributed by atoms with E-state index in [2.05, 4.69) is 10.6 Å². The number of halogens is 1. The lowest BCUT2D eigenvalue weighted by molar-refractivity contribution is -0.118. The van der Waals surface area contributed by atoms with Gasteiger partial charge in [0.15, 0.2) is 0 Å². The predicted octanol–water partition coefficient (Wildman–Crippen LogP) is 1.49. The molecule has 0 aliphatic carbocycles. The van der Waals surface area contributed by atoms with Crippen LogP contribution in [0.15, 0.2) is 16.8 Å². The molecule has 1 fully saturated rings. The van der Waals surface area contributed by atoms with E-state index < -0.39 is 0 Å². The molecule has 2 N–H and O–H groups in total. The van der Waals surface area contributed by atoms with Crippen molar-refractivity contribution in [2.45, 2.75) is 12.5 Å². The number of anilines is 1. The Kier molecular flexibility index (Phi) is 5.76. The van der Waals surface area contributed by atoms with Gasteiger partial charge in [-0.1, -0.05) is 0 Å². The van der Waals surface area contributed by atoms with Gasteiger partial charge >= 0.3 is 0 Å². The highest BCUT2D eigenvalue weighted by Gasteiger charge is 2.16. The number of ether oxygens (including phenoxy) is 1. The average Bonchev–Trinajstić information content (AvgIpc) is 2.62. The van der Waals surface area contributed by atoms with Crippen molar-refractivity contribution < 1.29 is 9.53 Å². The lowest BCUT2D eigenvalue weighted by atomic mass is 10.2. The molecule has 0 unspecified atom stereocenters. The molecular weight excluding hydrogens is 248 g/mol. The van der Waals surface area contributed by atoms with Crippen LogP contribution in [-0.2, 0) is 9.53 Å². The van der Waals surface area contributed by atoms with Gasteiger partial charge in [0.05, 0.1) is 24.8 Å². The average molecular weight is 263 g/mol. The Morgan fingerprint density at radius 1 is 1.62 bits per heavy atom. The molecule has 1 aliphatic rings. The summed E-state index contributed by atoms with van der Waals surface area (Å²) in [6.45, 7) is 2.32. The van der Waals surface area contributed by atoms with Crippen molar-refractivity contribution >= 4 is 35.3 Å². The van der Waals surface area contributed by atoms with Gasteiger partial charge in [-0.2, -0.15) is 11.3 Å². The zero-order valence-corrected chi connectivity index (χ0v) is 10.4. The summed E-state index contributed by atoms with van der Waals surface area (Å²) in [4.78, 5) is 11.4. The third-order valence-electron chi connectivity index (χ3n) is 2.23. The standard InChI is InChI=1S/C10H14N2O2S.ClH/c13-10(12-8-2-4-15-7-8)1-3-14-9-5-11-6-9;/h2,4,7,9,11H,1,3,5-6H2,(H,12,13);1H. The molecule has 1 aromatic heterocycles. The fourth-order valence-corrected chi connectivity index (χ4v) is 1.85. The molecule has 2 rings (SSSR count). The highest BCUT2D eigenvalue weighted by molar-refractivity contribution is 7.08. The van der Waals surface area contributed by atoms with Gasteiger partial charge in [0.2, 0.25) is 5.91 Å². The van der Waals surface area contributed by atoms with Gasteiger partial charge in [-0.15, -0.1) is 12.4 Å². The number of amides is 1. The Balaban J connectivity index is 0.00000128. The summed E-state index contributed by atoms with van der Waals surface area (Å²) >= 11 is 1.57. The number of carbonyl (C=O) groups excluding carboxylic acids is 1. The Morgan fingerprint density at radius 2 is 2.44 bits per heavy atom. The Bertz CT molecular complexity index is 315. The van der Waals surface area contributed by atoms with E-state index in [0.717, 1.165) is 18.8 Å². The lowest BCUT2D eigenvalue weighted by Crippen LogP contribution is -2.48. The molecule has 0 radical (unpaired) electrons. The summed E-state index contributed by atoms with van der Waals surface area (Å²) in [5.41, 5.74) is 0.871. The minimum Gasteiger partial charge on any atom is -0.375 e. The van der Waals surface area contributed by atoms with E-state index in [9.17, 15) is 4.79 Å². The minimum absolute atomic E-state index is 0. The summed E-state index contributed by atoms with van der Waals surface area (Å²) < 4.78 is 5.45. The highest BCUT2D eigenvalue weighted by atomic mass is 35.5. The molecule has 2 heterocycles. The van der Waals surface area contributed by atoms with E-state index in [0.29, 0.717) is 19.1 Å². The second-order valence-electron chi connectivity index (χ2n) is 3.46. The maximum atomic E-state index is 11.4. The van der Waals surface area contributed by atoms with Crippen LogP contribution in [0, 0.1) is 0 Å². The van der Waals surface area contributed by atoms with Gasteiger partial charge in [0.1, 0.15) is 0 Å². The first-order chi connectivity index (χ1) is 7.34. The molecule has 1 amide bonds. The van der Waals surface area contributed by atoms with Crippen LogP contribution in [0.5, 0.6) is 0 Å². The van der Waals surface area contributed by atoms with Crippen LogP contribution in [0.2, 0.25) is 0 Å². The fourth-order valence-electron chi connectivity index (χ4n) is 1.26. The smallest absolute Gasteiger partial charge is 0.226 e. The second kappa shape index (κ2) is 6.85. The predicted molar refractivity (Wildman–Crippen MR) is 67.4 cm³/mol. The molecule has 90 valence electrons. The van der Waals surface area contributed by atoms with Crippen molar-refractivity contribution in [1.29, 1.82) is 0 Å². The number of thiophene rings is 1. The van der Waals surface area contributed by atoms with Crippen LogP contribution < -0.4 is 10.6 Å². The van der Waals surface area contributed by atoms with Gasteiger partial charge in [0.25, 0.3) is 0 Å². The zero-order valence-electron chi connectivity index (χ0n) is 8.77. The first-order valence-electron chi connectivity index (χ1n) is 4.99. The molecule has 1 saturated heterocycles. The van der Waals surface area contributed by atoms with Crippen LogP contribution >= 0.6 is 23.7 Å². The molecule has 16 heavy (non-hydrogen) atoms. The van der Waals surface area contributed by atoms with Crippen molar-refractivity contribution in [3.8, 4) is 0 Å². The van der Waals surface area contributed by atoms with Crippen LogP contribution in [0.25, 0.3) is 0 Å². The van der Waals surface area contributed by atoms with Crippen LogP contribution in [0.4, 0.5) is 5.69 Å². The third kappa shape index (κ3) is 4.09. The summed E-state index contributed by atoms with van der Waals surface area (Å²) in [7, 11) is 0. The van der Waals surface area contributed by atoms with E-state index in [-0.39, 0.29) is 18.3 Å². The monoisotopic (exact) mass is 262 g/mol. The maximum absolute atomic E-state index is 11.4. The molecule has 0 atom stereocenters. The summed E-state index contributed by atoms with van der Waals surface area (Å²) in [5.74, 6) is 0.0145. The molecule has 0 saturated carbocycles. The maximum Gasteiger partial charge on any atom is 0.226 e. The number of hydrogen-bond acceptors (Lipinski definition) is 4. The van der Waals surface area contributed by atoms with Gasteiger partial charge in [-0.25, -0.2) is 0 Å². The van der Waals surface area contributed by atoms with E-state index in [1.165, 1.54) is 0 Å².